The Kier molecular flexibility index (Phi) is 4.01. The number of methoxy groups -OCH3 is 1. The van der Waals surface area contributed by atoms with Crippen LogP contribution in [0.1, 0.15) is 10.4 Å². The van der Waals surface area contributed by atoms with Crippen LogP contribution in [0.5, 0.6) is 11.8 Å². The molecule has 0 unspecified atom stereocenters. The highest BCUT2D eigenvalue weighted by Gasteiger charge is 2.33. The second kappa shape index (κ2) is 4.94. The van der Waals surface area contributed by atoms with Gasteiger partial charge in [-0.05, 0) is 22.6 Å². The molecule has 0 aliphatic rings. The number of aromatic nitrogens is 1. The summed E-state index contributed by atoms with van der Waals surface area (Å²) in [6.07, 6.45) is -4.90. The SMILES string of the molecule is COc1nc(OC(F)(F)F)cc(I)c1C(=O)O. The van der Waals surface area contributed by atoms with Gasteiger partial charge in [0.05, 0.1) is 7.11 Å². The Morgan fingerprint density at radius 2 is 2.12 bits per heavy atom. The minimum Gasteiger partial charge on any atom is -0.480 e. The van der Waals surface area contributed by atoms with Gasteiger partial charge in [0.2, 0.25) is 11.8 Å². The average Bonchev–Trinajstić information content (AvgIpc) is 2.12. The van der Waals surface area contributed by atoms with Gasteiger partial charge in [0.15, 0.2) is 0 Å². The summed E-state index contributed by atoms with van der Waals surface area (Å²) in [5.74, 6) is -2.57. The zero-order valence-electron chi connectivity index (χ0n) is 8.21. The van der Waals surface area contributed by atoms with Crippen LogP contribution in [0.25, 0.3) is 0 Å². The number of pyridine rings is 1. The molecule has 9 heteroatoms. The van der Waals surface area contributed by atoms with Crippen molar-refractivity contribution in [2.45, 2.75) is 6.36 Å². The minimum atomic E-state index is -4.90. The highest BCUT2D eigenvalue weighted by atomic mass is 127. The third-order valence-electron chi connectivity index (χ3n) is 1.54. The molecule has 1 aromatic heterocycles. The van der Waals surface area contributed by atoms with Gasteiger partial charge in [-0.25, -0.2) is 4.79 Å². The van der Waals surface area contributed by atoms with Gasteiger partial charge < -0.3 is 14.6 Å². The van der Waals surface area contributed by atoms with Crippen molar-refractivity contribution in [3.05, 3.63) is 15.2 Å². The fraction of sp³-hybridized carbons (Fsp3) is 0.250. The first-order valence-electron chi connectivity index (χ1n) is 3.98. The van der Waals surface area contributed by atoms with Crippen molar-refractivity contribution in [2.75, 3.05) is 7.11 Å². The molecule has 0 saturated carbocycles. The first kappa shape index (κ1) is 13.8. The molecule has 1 heterocycles. The number of carboxylic acids is 1. The number of rotatable bonds is 3. The van der Waals surface area contributed by atoms with E-state index in [1.54, 1.807) is 22.6 Å². The van der Waals surface area contributed by atoms with Gasteiger partial charge in [-0.15, -0.1) is 13.2 Å². The summed E-state index contributed by atoms with van der Waals surface area (Å²) < 4.78 is 44.0. The van der Waals surface area contributed by atoms with E-state index in [-0.39, 0.29) is 9.13 Å². The van der Waals surface area contributed by atoms with Crippen molar-refractivity contribution < 1.29 is 32.5 Å². The molecule has 0 aliphatic carbocycles. The Morgan fingerprint density at radius 1 is 1.53 bits per heavy atom. The van der Waals surface area contributed by atoms with E-state index >= 15 is 0 Å². The van der Waals surface area contributed by atoms with E-state index < -0.39 is 24.1 Å². The zero-order valence-corrected chi connectivity index (χ0v) is 10.4. The van der Waals surface area contributed by atoms with Crippen molar-refractivity contribution in [1.29, 1.82) is 0 Å². The second-order valence-corrected chi connectivity index (χ2v) is 3.84. The smallest absolute Gasteiger partial charge is 0.480 e. The lowest BCUT2D eigenvalue weighted by molar-refractivity contribution is -0.276. The normalized spacial score (nSPS) is 11.1. The van der Waals surface area contributed by atoms with Crippen LogP contribution in [0.15, 0.2) is 6.07 Å². The number of hydrogen-bond acceptors (Lipinski definition) is 4. The fourth-order valence-electron chi connectivity index (χ4n) is 0.983. The van der Waals surface area contributed by atoms with Gasteiger partial charge in [-0.2, -0.15) is 4.98 Å². The van der Waals surface area contributed by atoms with Crippen LogP contribution in [-0.4, -0.2) is 29.5 Å². The molecule has 1 aromatic rings. The Balaban J connectivity index is 3.23. The lowest BCUT2D eigenvalue weighted by Gasteiger charge is -2.11. The van der Waals surface area contributed by atoms with Crippen molar-refractivity contribution in [3.8, 4) is 11.8 Å². The molecular formula is C8H5F3INO4. The molecule has 0 radical (unpaired) electrons. The number of carbonyl (C=O) groups is 1. The number of carboxylic acid groups (broad SMARTS) is 1. The van der Waals surface area contributed by atoms with Crippen LogP contribution < -0.4 is 9.47 Å². The molecule has 17 heavy (non-hydrogen) atoms. The maximum Gasteiger partial charge on any atom is 0.574 e. The highest BCUT2D eigenvalue weighted by Crippen LogP contribution is 2.29. The van der Waals surface area contributed by atoms with Gasteiger partial charge in [0.25, 0.3) is 0 Å². The molecule has 0 bridgehead atoms. The molecule has 0 amide bonds. The maximum atomic E-state index is 11.9. The Labute approximate surface area is 107 Å². The number of hydrogen-bond donors (Lipinski definition) is 1. The van der Waals surface area contributed by atoms with Gasteiger partial charge >= 0.3 is 12.3 Å². The van der Waals surface area contributed by atoms with E-state index in [2.05, 4.69) is 14.5 Å². The fourth-order valence-corrected chi connectivity index (χ4v) is 1.71. The van der Waals surface area contributed by atoms with Gasteiger partial charge in [-0.1, -0.05) is 0 Å². The van der Waals surface area contributed by atoms with Crippen LogP contribution in [0, 0.1) is 3.57 Å². The van der Waals surface area contributed by atoms with Gasteiger partial charge in [0, 0.05) is 9.64 Å². The van der Waals surface area contributed by atoms with E-state index in [0.717, 1.165) is 13.2 Å². The number of nitrogens with zero attached hydrogens (tertiary/aromatic N) is 1. The van der Waals surface area contributed by atoms with Crippen molar-refractivity contribution in [3.63, 3.8) is 0 Å². The summed E-state index contributed by atoms with van der Waals surface area (Å²) in [6.45, 7) is 0. The molecule has 0 fully saturated rings. The molecule has 1 rings (SSSR count). The summed E-state index contributed by atoms with van der Waals surface area (Å²) in [7, 11) is 1.10. The van der Waals surface area contributed by atoms with E-state index in [0.29, 0.717) is 0 Å². The molecular weight excluding hydrogens is 358 g/mol. The molecule has 5 nitrogen and oxygen atoms in total. The molecule has 0 saturated heterocycles. The number of alkyl halides is 3. The largest absolute Gasteiger partial charge is 0.574 e. The summed E-state index contributed by atoms with van der Waals surface area (Å²) in [5, 5.41) is 8.81. The maximum absolute atomic E-state index is 11.9. The molecule has 94 valence electrons. The third kappa shape index (κ3) is 3.61. The van der Waals surface area contributed by atoms with Crippen LogP contribution in [0.2, 0.25) is 0 Å². The quantitative estimate of drug-likeness (QED) is 0.835. The van der Waals surface area contributed by atoms with Crippen LogP contribution in [0.3, 0.4) is 0 Å². The summed E-state index contributed by atoms with van der Waals surface area (Å²) in [4.78, 5) is 14.1. The second-order valence-electron chi connectivity index (χ2n) is 2.68. The summed E-state index contributed by atoms with van der Waals surface area (Å²) in [6, 6.07) is 0.861. The van der Waals surface area contributed by atoms with E-state index in [9.17, 15) is 18.0 Å². The van der Waals surface area contributed by atoms with Crippen molar-refractivity contribution in [1.82, 2.24) is 4.98 Å². The third-order valence-corrected chi connectivity index (χ3v) is 2.39. The monoisotopic (exact) mass is 363 g/mol. The predicted octanol–water partition coefficient (Wildman–Crippen LogP) is 2.29. The topological polar surface area (TPSA) is 68.7 Å². The molecule has 0 aromatic carbocycles. The standard InChI is InChI=1S/C8H5F3INO4/c1-16-6-5(7(14)15)3(12)2-4(13-6)17-8(9,10)11/h2H,1H3,(H,14,15). The van der Waals surface area contributed by atoms with Crippen LogP contribution in [-0.2, 0) is 0 Å². The average molecular weight is 363 g/mol. The van der Waals surface area contributed by atoms with Gasteiger partial charge in [-0.3, -0.25) is 0 Å². The highest BCUT2D eigenvalue weighted by molar-refractivity contribution is 14.1. The first-order chi connectivity index (χ1) is 7.74. The number of halogens is 4. The minimum absolute atomic E-state index is 0.0289. The lowest BCUT2D eigenvalue weighted by atomic mass is 10.3. The molecule has 0 spiro atoms. The Morgan fingerprint density at radius 3 is 2.53 bits per heavy atom. The van der Waals surface area contributed by atoms with Crippen LogP contribution >= 0.6 is 22.6 Å². The van der Waals surface area contributed by atoms with E-state index in [4.69, 9.17) is 5.11 Å². The Hall–Kier alpha value is -1.26. The summed E-state index contributed by atoms with van der Waals surface area (Å²) in [5.41, 5.74) is -0.317. The van der Waals surface area contributed by atoms with E-state index in [1.807, 2.05) is 0 Å². The molecule has 1 N–H and O–H groups in total. The number of aromatic carboxylic acids is 1. The first-order valence-corrected chi connectivity index (χ1v) is 5.06. The van der Waals surface area contributed by atoms with Crippen molar-refractivity contribution >= 4 is 28.6 Å². The van der Waals surface area contributed by atoms with E-state index in [1.165, 1.54) is 0 Å². The lowest BCUT2D eigenvalue weighted by Crippen LogP contribution is -2.18. The predicted molar refractivity (Wildman–Crippen MR) is 57.1 cm³/mol. The zero-order chi connectivity index (χ0) is 13.2. The summed E-state index contributed by atoms with van der Waals surface area (Å²) >= 11 is 1.55. The van der Waals surface area contributed by atoms with Crippen molar-refractivity contribution in [2.24, 2.45) is 0 Å². The molecule has 0 atom stereocenters. The molecule has 0 aliphatic heterocycles. The van der Waals surface area contributed by atoms with Gasteiger partial charge in [0.1, 0.15) is 5.56 Å². The van der Waals surface area contributed by atoms with Crippen LogP contribution in [0.4, 0.5) is 13.2 Å². The number of ether oxygens (including phenoxy) is 2. The Bertz CT molecular complexity index is 449.